The van der Waals surface area contributed by atoms with Gasteiger partial charge in [0.1, 0.15) is 0 Å². The molecule has 5 nitrogen and oxygen atoms in total. The second-order valence-electron chi connectivity index (χ2n) is 3.67. The molecule has 0 spiro atoms. The number of nitrogens with zero attached hydrogens (tertiary/aromatic N) is 2. The van der Waals surface area contributed by atoms with E-state index in [1.165, 1.54) is 6.08 Å². The van der Waals surface area contributed by atoms with E-state index in [2.05, 4.69) is 4.98 Å². The first-order valence-corrected chi connectivity index (χ1v) is 6.54. The van der Waals surface area contributed by atoms with Gasteiger partial charge in [-0.1, -0.05) is 0 Å². The molecule has 1 amide bonds. The molecule has 100 valence electrons. The third-order valence-corrected chi connectivity index (χ3v) is 3.07. The molecule has 1 aromatic heterocycles. The van der Waals surface area contributed by atoms with E-state index in [9.17, 15) is 4.79 Å². The van der Waals surface area contributed by atoms with Crippen LogP contribution in [0.4, 0.5) is 0 Å². The fourth-order valence-corrected chi connectivity index (χ4v) is 1.95. The molecule has 0 bridgehead atoms. The number of thiazole rings is 1. The average Bonchev–Trinajstić information content (AvgIpc) is 2.77. The molecular formula is C12H18N2O3S. The summed E-state index contributed by atoms with van der Waals surface area (Å²) in [4.78, 5) is 17.6. The Morgan fingerprint density at radius 1 is 1.61 bits per heavy atom. The Bertz CT molecular complexity index is 404. The van der Waals surface area contributed by atoms with Gasteiger partial charge in [0.25, 0.3) is 0 Å². The van der Waals surface area contributed by atoms with E-state index in [1.807, 2.05) is 12.3 Å². The van der Waals surface area contributed by atoms with Crippen LogP contribution in [-0.2, 0) is 9.53 Å². The molecule has 1 rings (SSSR count). The van der Waals surface area contributed by atoms with Crippen LogP contribution in [0.2, 0.25) is 0 Å². The van der Waals surface area contributed by atoms with Gasteiger partial charge in [-0.25, -0.2) is 4.98 Å². The lowest BCUT2D eigenvalue weighted by atomic mass is 10.3. The zero-order chi connectivity index (χ0) is 13.4. The second-order valence-corrected chi connectivity index (χ2v) is 4.73. The summed E-state index contributed by atoms with van der Waals surface area (Å²) >= 11 is 1.54. The highest BCUT2D eigenvalue weighted by Crippen LogP contribution is 2.09. The Hall–Kier alpha value is -1.24. The molecule has 1 N–H and O–H groups in total. The van der Waals surface area contributed by atoms with E-state index in [1.54, 1.807) is 29.4 Å². The number of carbonyl (C=O) groups excluding carboxylic acids is 1. The number of rotatable bonds is 7. The average molecular weight is 270 g/mol. The van der Waals surface area contributed by atoms with Crippen molar-refractivity contribution in [1.82, 2.24) is 9.88 Å². The van der Waals surface area contributed by atoms with E-state index >= 15 is 0 Å². The van der Waals surface area contributed by atoms with Crippen LogP contribution in [0.1, 0.15) is 10.7 Å². The van der Waals surface area contributed by atoms with Crippen LogP contribution in [0.15, 0.2) is 11.5 Å². The van der Waals surface area contributed by atoms with Crippen molar-refractivity contribution in [3.63, 3.8) is 0 Å². The van der Waals surface area contributed by atoms with Crippen molar-refractivity contribution < 1.29 is 14.6 Å². The molecule has 6 heteroatoms. The van der Waals surface area contributed by atoms with E-state index < -0.39 is 0 Å². The number of carbonyl (C=O) groups is 1. The van der Waals surface area contributed by atoms with Crippen LogP contribution >= 0.6 is 11.3 Å². The summed E-state index contributed by atoms with van der Waals surface area (Å²) in [5, 5.41) is 11.8. The van der Waals surface area contributed by atoms with Gasteiger partial charge in [0.2, 0.25) is 5.91 Å². The molecule has 0 fully saturated rings. The SMILES string of the molecule is COCCN(CCO)C(=O)/C=C/c1csc(C)n1. The first-order valence-electron chi connectivity index (χ1n) is 5.66. The van der Waals surface area contributed by atoms with E-state index in [-0.39, 0.29) is 12.5 Å². The molecule has 0 radical (unpaired) electrons. The van der Waals surface area contributed by atoms with Crippen molar-refractivity contribution in [2.75, 3.05) is 33.4 Å². The number of methoxy groups -OCH3 is 1. The molecule has 18 heavy (non-hydrogen) atoms. The number of hydrogen-bond donors (Lipinski definition) is 1. The predicted molar refractivity (Wildman–Crippen MR) is 71.4 cm³/mol. The Labute approximate surface area is 111 Å². The number of aryl methyl sites for hydroxylation is 1. The van der Waals surface area contributed by atoms with Gasteiger partial charge in [-0.3, -0.25) is 4.79 Å². The summed E-state index contributed by atoms with van der Waals surface area (Å²) < 4.78 is 4.92. The van der Waals surface area contributed by atoms with Crippen LogP contribution in [0, 0.1) is 6.92 Å². The minimum Gasteiger partial charge on any atom is -0.395 e. The lowest BCUT2D eigenvalue weighted by molar-refractivity contribution is -0.127. The Balaban J connectivity index is 2.57. The summed E-state index contributed by atoms with van der Waals surface area (Å²) in [6, 6.07) is 0. The third kappa shape index (κ3) is 4.95. The highest BCUT2D eigenvalue weighted by molar-refractivity contribution is 7.09. The largest absolute Gasteiger partial charge is 0.395 e. The summed E-state index contributed by atoms with van der Waals surface area (Å²) in [7, 11) is 1.58. The molecule has 0 aliphatic heterocycles. The predicted octanol–water partition coefficient (Wildman–Crippen LogP) is 0.932. The maximum absolute atomic E-state index is 11.9. The first kappa shape index (κ1) is 14.8. The molecule has 1 heterocycles. The second kappa shape index (κ2) is 7.97. The molecular weight excluding hydrogens is 252 g/mol. The molecule has 0 saturated heterocycles. The Kier molecular flexibility index (Phi) is 6.56. The number of aliphatic hydroxyl groups is 1. The van der Waals surface area contributed by atoms with Crippen molar-refractivity contribution in [2.45, 2.75) is 6.92 Å². The van der Waals surface area contributed by atoms with Gasteiger partial charge >= 0.3 is 0 Å². The van der Waals surface area contributed by atoms with Gasteiger partial charge in [-0.2, -0.15) is 0 Å². The van der Waals surface area contributed by atoms with Gasteiger partial charge in [-0.15, -0.1) is 11.3 Å². The van der Waals surface area contributed by atoms with Crippen molar-refractivity contribution in [3.8, 4) is 0 Å². The maximum atomic E-state index is 11.9. The van der Waals surface area contributed by atoms with E-state index in [4.69, 9.17) is 9.84 Å². The van der Waals surface area contributed by atoms with Crippen molar-refractivity contribution in [2.24, 2.45) is 0 Å². The van der Waals surface area contributed by atoms with Crippen LogP contribution in [0.25, 0.3) is 6.08 Å². The number of amides is 1. The fourth-order valence-electron chi connectivity index (χ4n) is 1.37. The highest BCUT2D eigenvalue weighted by Gasteiger charge is 2.09. The van der Waals surface area contributed by atoms with E-state index in [0.717, 1.165) is 10.7 Å². The minimum absolute atomic E-state index is 0.0564. The molecule has 0 atom stereocenters. The van der Waals surface area contributed by atoms with Gasteiger partial charge in [0.05, 0.1) is 23.9 Å². The number of ether oxygens (including phenoxy) is 1. The Morgan fingerprint density at radius 2 is 2.39 bits per heavy atom. The number of aromatic nitrogens is 1. The Morgan fingerprint density at radius 3 is 2.94 bits per heavy atom. The molecule has 1 aromatic rings. The highest BCUT2D eigenvalue weighted by atomic mass is 32.1. The number of hydrogen-bond acceptors (Lipinski definition) is 5. The van der Waals surface area contributed by atoms with Crippen molar-refractivity contribution in [1.29, 1.82) is 0 Å². The molecule has 0 aliphatic rings. The first-order chi connectivity index (χ1) is 8.67. The number of aliphatic hydroxyl groups excluding tert-OH is 1. The summed E-state index contributed by atoms with van der Waals surface area (Å²) in [5.74, 6) is -0.147. The quantitative estimate of drug-likeness (QED) is 0.749. The summed E-state index contributed by atoms with van der Waals surface area (Å²) in [5.41, 5.74) is 0.779. The molecule has 0 unspecified atom stereocenters. The van der Waals surface area contributed by atoms with Crippen molar-refractivity contribution >= 4 is 23.3 Å². The lowest BCUT2D eigenvalue weighted by Crippen LogP contribution is -2.34. The summed E-state index contributed by atoms with van der Waals surface area (Å²) in [6.45, 7) is 3.09. The topological polar surface area (TPSA) is 62.7 Å². The summed E-state index contributed by atoms with van der Waals surface area (Å²) in [6.07, 6.45) is 3.16. The molecule has 0 saturated carbocycles. The van der Waals surface area contributed by atoms with Gasteiger partial charge < -0.3 is 14.7 Å². The van der Waals surface area contributed by atoms with E-state index in [0.29, 0.717) is 19.7 Å². The zero-order valence-corrected chi connectivity index (χ0v) is 11.4. The van der Waals surface area contributed by atoms with Gasteiger partial charge in [-0.05, 0) is 13.0 Å². The lowest BCUT2D eigenvalue weighted by Gasteiger charge is -2.19. The van der Waals surface area contributed by atoms with Crippen LogP contribution < -0.4 is 0 Å². The monoisotopic (exact) mass is 270 g/mol. The van der Waals surface area contributed by atoms with Crippen LogP contribution in [0.5, 0.6) is 0 Å². The third-order valence-electron chi connectivity index (χ3n) is 2.28. The minimum atomic E-state index is -0.147. The van der Waals surface area contributed by atoms with Gasteiger partial charge in [0.15, 0.2) is 0 Å². The smallest absolute Gasteiger partial charge is 0.246 e. The van der Waals surface area contributed by atoms with Crippen LogP contribution in [0.3, 0.4) is 0 Å². The van der Waals surface area contributed by atoms with Gasteiger partial charge in [0, 0.05) is 31.7 Å². The van der Waals surface area contributed by atoms with Crippen molar-refractivity contribution in [3.05, 3.63) is 22.2 Å². The zero-order valence-electron chi connectivity index (χ0n) is 10.6. The molecule has 0 aliphatic carbocycles. The van der Waals surface area contributed by atoms with Crippen LogP contribution in [-0.4, -0.2) is 54.3 Å². The fraction of sp³-hybridized carbons (Fsp3) is 0.500. The normalized spacial score (nSPS) is 11.1. The standard InChI is InChI=1S/C12H18N2O3S/c1-10-13-11(9-18-10)3-4-12(16)14(5-7-15)6-8-17-2/h3-4,9,15H,5-8H2,1-2H3/b4-3+. The molecule has 0 aromatic carbocycles. The maximum Gasteiger partial charge on any atom is 0.246 e.